The summed E-state index contributed by atoms with van der Waals surface area (Å²) >= 11 is 0. The number of anilines is 2. The van der Waals surface area contributed by atoms with E-state index in [0.29, 0.717) is 22.3 Å². The van der Waals surface area contributed by atoms with Gasteiger partial charge in [0.1, 0.15) is 11.5 Å². The average molecular weight is 478 g/mol. The molecule has 0 fully saturated rings. The molecule has 0 spiro atoms. The highest BCUT2D eigenvalue weighted by Crippen LogP contribution is 2.36. The number of methoxy groups -OCH3 is 1. The van der Waals surface area contributed by atoms with Gasteiger partial charge >= 0.3 is 12.4 Å². The minimum atomic E-state index is -4.62. The molecule has 0 saturated carbocycles. The number of benzene rings is 1. The molecule has 0 unspecified atom stereocenters. The molecule has 3 aromatic heterocycles. The maximum absolute atomic E-state index is 13.4. The fourth-order valence-electron chi connectivity index (χ4n) is 3.35. The Bertz CT molecular complexity index is 1320. The molecule has 1 N–H and O–H groups in total. The first kappa shape index (κ1) is 23.4. The van der Waals surface area contributed by atoms with Crippen molar-refractivity contribution in [3.8, 4) is 11.4 Å². The van der Waals surface area contributed by atoms with Crippen molar-refractivity contribution in [1.82, 2.24) is 15.0 Å². The Labute approximate surface area is 189 Å². The standard InChI is InChI=1S/C23H16F6N4O/c1-34-12-15-11-19-16(21(32-15)31-14-6-4-13(5-7-14)22(24,25)26)8-9-18(33-19)20-17(23(27,28)29)3-2-10-30-20/h2-11H,12H2,1H3,(H,31,32). The van der Waals surface area contributed by atoms with Gasteiger partial charge in [0.05, 0.1) is 34.6 Å². The predicted molar refractivity (Wildman–Crippen MR) is 113 cm³/mol. The van der Waals surface area contributed by atoms with Crippen molar-refractivity contribution >= 4 is 22.4 Å². The van der Waals surface area contributed by atoms with Crippen LogP contribution in [0.3, 0.4) is 0 Å². The average Bonchev–Trinajstić information content (AvgIpc) is 2.78. The van der Waals surface area contributed by atoms with E-state index >= 15 is 0 Å². The maximum atomic E-state index is 13.4. The second-order valence-electron chi connectivity index (χ2n) is 7.26. The molecule has 11 heteroatoms. The molecular weight excluding hydrogens is 462 g/mol. The van der Waals surface area contributed by atoms with Crippen LogP contribution in [0.2, 0.25) is 0 Å². The second-order valence-corrected chi connectivity index (χ2v) is 7.26. The van der Waals surface area contributed by atoms with Crippen LogP contribution in [0.15, 0.2) is 60.8 Å². The maximum Gasteiger partial charge on any atom is 0.418 e. The van der Waals surface area contributed by atoms with Crippen LogP contribution in [0.25, 0.3) is 22.3 Å². The van der Waals surface area contributed by atoms with Gasteiger partial charge in [-0.3, -0.25) is 4.98 Å². The van der Waals surface area contributed by atoms with Gasteiger partial charge in [0.2, 0.25) is 0 Å². The first-order valence-electron chi connectivity index (χ1n) is 9.83. The number of aromatic nitrogens is 3. The summed E-state index contributed by atoms with van der Waals surface area (Å²) in [5.74, 6) is 0.264. The third kappa shape index (κ3) is 4.93. The summed E-state index contributed by atoms with van der Waals surface area (Å²) in [4.78, 5) is 12.7. The summed E-state index contributed by atoms with van der Waals surface area (Å²) in [5.41, 5.74) is -0.958. The molecule has 0 aliphatic heterocycles. The molecular formula is C23H16F6N4O. The zero-order valence-corrected chi connectivity index (χ0v) is 17.5. The summed E-state index contributed by atoms with van der Waals surface area (Å²) in [6, 6.07) is 11.0. The fourth-order valence-corrected chi connectivity index (χ4v) is 3.35. The van der Waals surface area contributed by atoms with E-state index in [4.69, 9.17) is 4.74 Å². The SMILES string of the molecule is COCc1cc2nc(-c3ncccc3C(F)(F)F)ccc2c(Nc2ccc(C(F)(F)F)cc2)n1. The topological polar surface area (TPSA) is 59.9 Å². The number of fused-ring (bicyclic) bond motifs is 1. The Morgan fingerprint density at radius 3 is 2.26 bits per heavy atom. The quantitative estimate of drug-likeness (QED) is 0.327. The fraction of sp³-hybridized carbons (Fsp3) is 0.174. The van der Waals surface area contributed by atoms with Gasteiger partial charge < -0.3 is 10.1 Å². The summed E-state index contributed by atoms with van der Waals surface area (Å²) in [7, 11) is 1.45. The predicted octanol–water partition coefficient (Wildman–Crippen LogP) is 6.62. The monoisotopic (exact) mass is 478 g/mol. The van der Waals surface area contributed by atoms with E-state index in [-0.39, 0.29) is 23.8 Å². The number of rotatable bonds is 5. The van der Waals surface area contributed by atoms with Crippen LogP contribution in [0.1, 0.15) is 16.8 Å². The number of alkyl halides is 6. The molecule has 0 aliphatic rings. The molecule has 4 rings (SSSR count). The first-order valence-corrected chi connectivity index (χ1v) is 9.83. The lowest BCUT2D eigenvalue weighted by molar-refractivity contribution is -0.138. The number of ether oxygens (including phenoxy) is 1. The second kappa shape index (κ2) is 8.90. The van der Waals surface area contributed by atoms with Crippen molar-refractivity contribution in [2.24, 2.45) is 0 Å². The van der Waals surface area contributed by atoms with E-state index < -0.39 is 23.5 Å². The minimum Gasteiger partial charge on any atom is -0.378 e. The highest BCUT2D eigenvalue weighted by Gasteiger charge is 2.34. The third-order valence-corrected chi connectivity index (χ3v) is 4.86. The Kier molecular flexibility index (Phi) is 6.13. The van der Waals surface area contributed by atoms with Gasteiger partial charge in [-0.15, -0.1) is 0 Å². The van der Waals surface area contributed by atoms with E-state index in [1.165, 1.54) is 43.6 Å². The van der Waals surface area contributed by atoms with Gasteiger partial charge in [-0.1, -0.05) is 0 Å². The van der Waals surface area contributed by atoms with Crippen LogP contribution in [-0.2, 0) is 23.7 Å². The summed E-state index contributed by atoms with van der Waals surface area (Å²) in [5, 5.41) is 3.40. The highest BCUT2D eigenvalue weighted by atomic mass is 19.4. The molecule has 1 aromatic carbocycles. The summed E-state index contributed by atoms with van der Waals surface area (Å²) < 4.78 is 84.0. The van der Waals surface area contributed by atoms with Crippen molar-refractivity contribution in [2.45, 2.75) is 19.0 Å². The largest absolute Gasteiger partial charge is 0.418 e. The molecule has 0 atom stereocenters. The van der Waals surface area contributed by atoms with Gasteiger partial charge in [-0.05, 0) is 54.6 Å². The van der Waals surface area contributed by atoms with E-state index in [9.17, 15) is 26.3 Å². The van der Waals surface area contributed by atoms with Crippen LogP contribution in [0.4, 0.5) is 37.8 Å². The molecule has 5 nitrogen and oxygen atoms in total. The number of hydrogen-bond acceptors (Lipinski definition) is 5. The lowest BCUT2D eigenvalue weighted by Crippen LogP contribution is -2.09. The number of nitrogens with zero attached hydrogens (tertiary/aromatic N) is 3. The van der Waals surface area contributed by atoms with E-state index in [1.807, 2.05) is 0 Å². The van der Waals surface area contributed by atoms with Crippen LogP contribution in [0, 0.1) is 0 Å². The molecule has 176 valence electrons. The lowest BCUT2D eigenvalue weighted by atomic mass is 10.1. The molecule has 4 aromatic rings. The minimum absolute atomic E-state index is 0.00970. The number of nitrogens with one attached hydrogen (secondary N) is 1. The molecule has 0 saturated heterocycles. The molecule has 0 bridgehead atoms. The molecule has 0 radical (unpaired) electrons. The van der Waals surface area contributed by atoms with Crippen LogP contribution in [-0.4, -0.2) is 22.1 Å². The zero-order chi connectivity index (χ0) is 24.5. The molecule has 3 heterocycles. The van der Waals surface area contributed by atoms with E-state index in [1.54, 1.807) is 6.07 Å². The molecule has 0 aliphatic carbocycles. The van der Waals surface area contributed by atoms with Gasteiger partial charge in [0.15, 0.2) is 0 Å². The smallest absolute Gasteiger partial charge is 0.378 e. The van der Waals surface area contributed by atoms with Crippen LogP contribution < -0.4 is 5.32 Å². The Balaban J connectivity index is 1.79. The highest BCUT2D eigenvalue weighted by molar-refractivity contribution is 5.92. The van der Waals surface area contributed by atoms with Crippen molar-refractivity contribution in [3.05, 3.63) is 77.6 Å². The lowest BCUT2D eigenvalue weighted by Gasteiger charge is -2.14. The van der Waals surface area contributed by atoms with Crippen molar-refractivity contribution in [1.29, 1.82) is 0 Å². The molecule has 34 heavy (non-hydrogen) atoms. The van der Waals surface area contributed by atoms with Gasteiger partial charge in [0, 0.05) is 24.4 Å². The molecule has 0 amide bonds. The van der Waals surface area contributed by atoms with Gasteiger partial charge in [-0.2, -0.15) is 26.3 Å². The number of halogens is 6. The summed E-state index contributed by atoms with van der Waals surface area (Å²) in [6.07, 6.45) is -7.84. The van der Waals surface area contributed by atoms with E-state index in [0.717, 1.165) is 18.2 Å². The Morgan fingerprint density at radius 1 is 0.882 bits per heavy atom. The zero-order valence-electron chi connectivity index (χ0n) is 17.5. The van der Waals surface area contributed by atoms with Gasteiger partial charge in [0.25, 0.3) is 0 Å². The normalized spacial score (nSPS) is 12.2. The summed E-state index contributed by atoms with van der Waals surface area (Å²) in [6.45, 7) is 0.0843. The van der Waals surface area contributed by atoms with Crippen LogP contribution >= 0.6 is 0 Å². The van der Waals surface area contributed by atoms with Crippen molar-refractivity contribution in [2.75, 3.05) is 12.4 Å². The van der Waals surface area contributed by atoms with E-state index in [2.05, 4.69) is 20.3 Å². The Hall–Kier alpha value is -3.73. The van der Waals surface area contributed by atoms with Crippen LogP contribution in [0.5, 0.6) is 0 Å². The first-order chi connectivity index (χ1) is 16.1. The Morgan fingerprint density at radius 2 is 1.62 bits per heavy atom. The van der Waals surface area contributed by atoms with Crippen molar-refractivity contribution in [3.63, 3.8) is 0 Å². The number of pyridine rings is 3. The third-order valence-electron chi connectivity index (χ3n) is 4.86. The van der Waals surface area contributed by atoms with Crippen molar-refractivity contribution < 1.29 is 31.1 Å². The number of hydrogen-bond donors (Lipinski definition) is 1. The van der Waals surface area contributed by atoms with Gasteiger partial charge in [-0.25, -0.2) is 9.97 Å².